The van der Waals surface area contributed by atoms with Gasteiger partial charge in [-0.1, -0.05) is 60.1 Å². The quantitative estimate of drug-likeness (QED) is 0.177. The van der Waals surface area contributed by atoms with Crippen molar-refractivity contribution in [2.75, 3.05) is 0 Å². The second-order valence-electron chi connectivity index (χ2n) is 8.93. The number of halogens is 5. The lowest BCUT2D eigenvalue weighted by Gasteiger charge is -2.16. The number of aromatic nitrogens is 1. The van der Waals surface area contributed by atoms with Crippen LogP contribution in [0.2, 0.25) is 5.02 Å². The van der Waals surface area contributed by atoms with Crippen LogP contribution in [0.5, 0.6) is 5.75 Å². The zero-order chi connectivity index (χ0) is 28.3. The molecule has 0 radical (unpaired) electrons. The zero-order valence-electron chi connectivity index (χ0n) is 20.9. The van der Waals surface area contributed by atoms with Gasteiger partial charge in [0, 0.05) is 23.7 Å². The fraction of sp³-hybridized carbons (Fsp3) is 0.172. The lowest BCUT2D eigenvalue weighted by molar-refractivity contribution is -0.274. The Hall–Kier alpha value is -4.11. The van der Waals surface area contributed by atoms with Crippen LogP contribution in [0.25, 0.3) is 22.3 Å². The Morgan fingerprint density at radius 1 is 1.00 bits per heavy atom. The largest absolute Gasteiger partial charge is 0.573 e. The number of nitrogens with one attached hydrogen (secondary N) is 1. The van der Waals surface area contributed by atoms with E-state index in [0.717, 1.165) is 6.07 Å². The number of hydrogen-bond acceptors (Lipinski definition) is 3. The Bertz CT molecular complexity index is 1500. The molecular formula is C29H23ClF4N2O3. The topological polar surface area (TPSA) is 60.3 Å². The Balaban J connectivity index is 1.80. The van der Waals surface area contributed by atoms with Crippen molar-refractivity contribution in [3.05, 3.63) is 101 Å². The molecule has 3 aromatic carbocycles. The Labute approximate surface area is 227 Å². The normalized spacial score (nSPS) is 11.5. The maximum absolute atomic E-state index is 13.7. The molecule has 4 rings (SSSR count). The average Bonchev–Trinajstić information content (AvgIpc) is 3.24. The van der Waals surface area contributed by atoms with Gasteiger partial charge in [-0.25, -0.2) is 4.39 Å². The number of aldehydes is 1. The number of ether oxygens (including phenoxy) is 1. The van der Waals surface area contributed by atoms with Gasteiger partial charge in [0.25, 0.3) is 5.91 Å². The van der Waals surface area contributed by atoms with Crippen molar-refractivity contribution < 1.29 is 31.9 Å². The SMILES string of the molecule is CC(C)n1c(C=O)c(-c2ccc(F)cc2)c(-c2ccccc2)c1C(=O)NCc1ccc(OC(F)(F)F)c(Cl)c1. The first-order valence-corrected chi connectivity index (χ1v) is 12.2. The predicted octanol–water partition coefficient (Wildman–Crippen LogP) is 7.84. The Kier molecular flexibility index (Phi) is 8.11. The van der Waals surface area contributed by atoms with Gasteiger partial charge in [0.2, 0.25) is 0 Å². The molecule has 0 aliphatic heterocycles. The summed E-state index contributed by atoms with van der Waals surface area (Å²) in [5, 5.41) is 2.52. The highest BCUT2D eigenvalue weighted by molar-refractivity contribution is 6.32. The van der Waals surface area contributed by atoms with E-state index in [0.29, 0.717) is 34.1 Å². The number of carbonyl (C=O) groups is 2. The van der Waals surface area contributed by atoms with Crippen molar-refractivity contribution in [2.45, 2.75) is 32.8 Å². The van der Waals surface area contributed by atoms with E-state index in [2.05, 4.69) is 10.1 Å². The molecule has 0 aliphatic rings. The van der Waals surface area contributed by atoms with Gasteiger partial charge < -0.3 is 14.6 Å². The summed E-state index contributed by atoms with van der Waals surface area (Å²) in [4.78, 5) is 26.2. The maximum atomic E-state index is 13.7. The summed E-state index contributed by atoms with van der Waals surface area (Å²) in [6, 6.07) is 18.0. The third-order valence-electron chi connectivity index (χ3n) is 5.96. The maximum Gasteiger partial charge on any atom is 0.573 e. The fourth-order valence-electron chi connectivity index (χ4n) is 4.41. The molecule has 0 aliphatic carbocycles. The van der Waals surface area contributed by atoms with Gasteiger partial charge in [-0.2, -0.15) is 0 Å². The fourth-order valence-corrected chi connectivity index (χ4v) is 4.65. The molecular weight excluding hydrogens is 536 g/mol. The lowest BCUT2D eigenvalue weighted by atomic mass is 9.94. The molecule has 0 bridgehead atoms. The molecule has 0 saturated heterocycles. The molecule has 0 spiro atoms. The first-order valence-electron chi connectivity index (χ1n) is 11.9. The first-order chi connectivity index (χ1) is 18.5. The minimum Gasteiger partial charge on any atom is -0.404 e. The average molecular weight is 559 g/mol. The highest BCUT2D eigenvalue weighted by Crippen LogP contribution is 2.41. The summed E-state index contributed by atoms with van der Waals surface area (Å²) in [6.45, 7) is 3.59. The van der Waals surface area contributed by atoms with Gasteiger partial charge in [0.05, 0.1) is 10.7 Å². The summed E-state index contributed by atoms with van der Waals surface area (Å²) in [6.07, 6.45) is -4.23. The van der Waals surface area contributed by atoms with Crippen molar-refractivity contribution in [3.8, 4) is 28.0 Å². The van der Waals surface area contributed by atoms with Crippen LogP contribution in [0.3, 0.4) is 0 Å². The summed E-state index contributed by atoms with van der Waals surface area (Å²) < 4.78 is 56.9. The van der Waals surface area contributed by atoms with Crippen molar-refractivity contribution in [1.82, 2.24) is 9.88 Å². The number of hydrogen-bond donors (Lipinski definition) is 1. The van der Waals surface area contributed by atoms with Gasteiger partial charge in [0.15, 0.2) is 6.29 Å². The number of alkyl halides is 3. The minimum atomic E-state index is -4.89. The molecule has 1 heterocycles. The van der Waals surface area contributed by atoms with Gasteiger partial charge in [0.1, 0.15) is 17.3 Å². The Morgan fingerprint density at radius 3 is 2.21 bits per heavy atom. The van der Waals surface area contributed by atoms with Crippen LogP contribution in [0, 0.1) is 5.82 Å². The van der Waals surface area contributed by atoms with E-state index in [9.17, 15) is 27.2 Å². The molecule has 1 N–H and O–H groups in total. The number of benzene rings is 3. The van der Waals surface area contributed by atoms with Crippen LogP contribution < -0.4 is 10.1 Å². The van der Waals surface area contributed by atoms with E-state index >= 15 is 0 Å². The van der Waals surface area contributed by atoms with Gasteiger partial charge in [-0.05, 0) is 54.8 Å². The van der Waals surface area contributed by atoms with Crippen molar-refractivity contribution >= 4 is 23.8 Å². The molecule has 10 heteroatoms. The van der Waals surface area contributed by atoms with E-state index in [1.807, 2.05) is 19.9 Å². The van der Waals surface area contributed by atoms with Crippen LogP contribution in [0.4, 0.5) is 17.6 Å². The summed E-state index contributed by atoms with van der Waals surface area (Å²) in [7, 11) is 0. The lowest BCUT2D eigenvalue weighted by Crippen LogP contribution is -2.27. The second kappa shape index (κ2) is 11.3. The zero-order valence-corrected chi connectivity index (χ0v) is 21.6. The number of carbonyl (C=O) groups excluding carboxylic acids is 2. The van der Waals surface area contributed by atoms with Crippen LogP contribution in [0.1, 0.15) is 46.4 Å². The van der Waals surface area contributed by atoms with E-state index in [4.69, 9.17) is 11.6 Å². The standard InChI is InChI=1S/C29H23ClF4N2O3/c1-17(2)36-23(16-37)25(20-9-11-21(31)12-10-20)26(19-6-4-3-5-7-19)27(36)28(38)35-15-18-8-13-24(22(30)14-18)39-29(32,33)34/h3-14,16-17H,15H2,1-2H3,(H,35,38). The second-order valence-corrected chi connectivity index (χ2v) is 9.34. The molecule has 202 valence electrons. The molecule has 1 aromatic heterocycles. The van der Waals surface area contributed by atoms with Crippen LogP contribution in [-0.2, 0) is 6.54 Å². The van der Waals surface area contributed by atoms with Crippen molar-refractivity contribution in [2.24, 2.45) is 0 Å². The minimum absolute atomic E-state index is 0.0648. The third-order valence-corrected chi connectivity index (χ3v) is 6.25. The molecule has 0 atom stereocenters. The van der Waals surface area contributed by atoms with E-state index in [-0.39, 0.29) is 29.0 Å². The van der Waals surface area contributed by atoms with Crippen molar-refractivity contribution in [3.63, 3.8) is 0 Å². The molecule has 0 saturated carbocycles. The summed E-state index contributed by atoms with van der Waals surface area (Å²) in [5.41, 5.74) is 3.08. The monoisotopic (exact) mass is 558 g/mol. The summed E-state index contributed by atoms with van der Waals surface area (Å²) in [5.74, 6) is -1.52. The van der Waals surface area contributed by atoms with E-state index in [1.165, 1.54) is 24.3 Å². The number of amides is 1. The highest BCUT2D eigenvalue weighted by atomic mass is 35.5. The Morgan fingerprint density at radius 2 is 1.64 bits per heavy atom. The first kappa shape index (κ1) is 27.9. The van der Waals surface area contributed by atoms with Crippen LogP contribution >= 0.6 is 11.6 Å². The molecule has 39 heavy (non-hydrogen) atoms. The molecule has 0 unspecified atom stereocenters. The summed E-state index contributed by atoms with van der Waals surface area (Å²) >= 11 is 5.95. The van der Waals surface area contributed by atoms with Gasteiger partial charge in [-0.15, -0.1) is 13.2 Å². The predicted molar refractivity (Wildman–Crippen MR) is 140 cm³/mol. The molecule has 0 fully saturated rings. The highest BCUT2D eigenvalue weighted by Gasteiger charge is 2.32. The van der Waals surface area contributed by atoms with Crippen LogP contribution in [0.15, 0.2) is 72.8 Å². The molecule has 1 amide bonds. The van der Waals surface area contributed by atoms with Gasteiger partial charge >= 0.3 is 6.36 Å². The van der Waals surface area contributed by atoms with Crippen molar-refractivity contribution in [1.29, 1.82) is 0 Å². The number of rotatable bonds is 8. The van der Waals surface area contributed by atoms with Gasteiger partial charge in [-0.3, -0.25) is 9.59 Å². The third kappa shape index (κ3) is 6.15. The molecule has 5 nitrogen and oxygen atoms in total. The number of nitrogens with zero attached hydrogens (tertiary/aromatic N) is 1. The van der Waals surface area contributed by atoms with E-state index in [1.54, 1.807) is 41.0 Å². The van der Waals surface area contributed by atoms with E-state index < -0.39 is 23.8 Å². The smallest absolute Gasteiger partial charge is 0.404 e. The van der Waals surface area contributed by atoms with Crippen LogP contribution in [-0.4, -0.2) is 23.1 Å². The molecule has 4 aromatic rings.